The fourth-order valence-corrected chi connectivity index (χ4v) is 2.51. The van der Waals surface area contributed by atoms with Crippen molar-refractivity contribution >= 4 is 17.3 Å². The third-order valence-corrected chi connectivity index (χ3v) is 3.74. The van der Waals surface area contributed by atoms with Crippen LogP contribution in [-0.4, -0.2) is 25.2 Å². The van der Waals surface area contributed by atoms with Gasteiger partial charge < -0.3 is 19.8 Å². The number of nitrogens with one attached hydrogen (secondary N) is 2. The van der Waals surface area contributed by atoms with E-state index in [1.165, 1.54) is 6.07 Å². The lowest BCUT2D eigenvalue weighted by molar-refractivity contribution is 0.0995. The van der Waals surface area contributed by atoms with E-state index >= 15 is 0 Å². The van der Waals surface area contributed by atoms with Crippen LogP contribution in [0.5, 0.6) is 0 Å². The predicted octanol–water partition coefficient (Wildman–Crippen LogP) is 3.57. The lowest BCUT2D eigenvalue weighted by Crippen LogP contribution is -2.19. The Morgan fingerprint density at radius 2 is 2.22 bits per heavy atom. The van der Waals surface area contributed by atoms with Crippen molar-refractivity contribution in [3.05, 3.63) is 47.7 Å². The van der Waals surface area contributed by atoms with Crippen molar-refractivity contribution in [2.24, 2.45) is 0 Å². The zero-order chi connectivity index (χ0) is 16.2. The van der Waals surface area contributed by atoms with Crippen LogP contribution in [0.4, 0.5) is 15.8 Å². The molecule has 1 fully saturated rings. The molecule has 23 heavy (non-hydrogen) atoms. The molecule has 1 atom stereocenters. The highest BCUT2D eigenvalue weighted by Crippen LogP contribution is 2.21. The van der Waals surface area contributed by atoms with Crippen molar-refractivity contribution < 1.29 is 18.3 Å². The summed E-state index contributed by atoms with van der Waals surface area (Å²) in [4.78, 5) is 12.0. The molecule has 0 spiro atoms. The zero-order valence-corrected chi connectivity index (χ0v) is 12.9. The normalized spacial score (nSPS) is 17.2. The first-order valence-electron chi connectivity index (χ1n) is 7.64. The molecule has 3 rings (SSSR count). The highest BCUT2D eigenvalue weighted by molar-refractivity contribution is 6.02. The molecule has 0 radical (unpaired) electrons. The van der Waals surface area contributed by atoms with Gasteiger partial charge in [0.15, 0.2) is 5.76 Å². The second-order valence-corrected chi connectivity index (χ2v) is 5.57. The summed E-state index contributed by atoms with van der Waals surface area (Å²) in [6.45, 7) is 3.10. The predicted molar refractivity (Wildman–Crippen MR) is 85.3 cm³/mol. The number of rotatable bonds is 5. The molecule has 1 aliphatic heterocycles. The summed E-state index contributed by atoms with van der Waals surface area (Å²) in [5.74, 6) is 0.0208. The number of anilines is 2. The Bertz CT molecular complexity index is 693. The molecular formula is C17H19FN2O3. The summed E-state index contributed by atoms with van der Waals surface area (Å²) in [5.41, 5.74) is 0.775. The molecule has 6 heteroatoms. The maximum atomic E-state index is 14.1. The van der Waals surface area contributed by atoms with Crippen molar-refractivity contribution in [3.8, 4) is 0 Å². The number of carbonyl (C=O) groups is 1. The molecule has 1 aromatic carbocycles. The molecular weight excluding hydrogens is 299 g/mol. The number of benzene rings is 1. The van der Waals surface area contributed by atoms with Gasteiger partial charge in [0.05, 0.1) is 11.8 Å². The fourth-order valence-electron chi connectivity index (χ4n) is 2.51. The van der Waals surface area contributed by atoms with Gasteiger partial charge in [0.1, 0.15) is 11.6 Å². The van der Waals surface area contributed by atoms with E-state index in [4.69, 9.17) is 9.15 Å². The van der Waals surface area contributed by atoms with Crippen LogP contribution in [0.15, 0.2) is 34.7 Å². The molecule has 1 aliphatic rings. The van der Waals surface area contributed by atoms with E-state index in [-0.39, 0.29) is 11.9 Å². The third-order valence-electron chi connectivity index (χ3n) is 3.74. The van der Waals surface area contributed by atoms with Crippen LogP contribution >= 0.6 is 0 Å². The Labute approximate surface area is 133 Å². The minimum Gasteiger partial charge on any atom is -0.456 e. The molecule has 2 N–H and O–H groups in total. The third kappa shape index (κ3) is 3.90. The molecule has 0 bridgehead atoms. The van der Waals surface area contributed by atoms with E-state index in [1.807, 2.05) is 0 Å². The van der Waals surface area contributed by atoms with E-state index in [2.05, 4.69) is 10.6 Å². The van der Waals surface area contributed by atoms with E-state index in [1.54, 1.807) is 31.2 Å². The summed E-state index contributed by atoms with van der Waals surface area (Å²) in [5, 5.41) is 5.65. The number of carbonyl (C=O) groups excluding carboxylic acids is 1. The van der Waals surface area contributed by atoms with Gasteiger partial charge in [-0.2, -0.15) is 0 Å². The van der Waals surface area contributed by atoms with Crippen LogP contribution in [0, 0.1) is 12.7 Å². The Kier molecular flexibility index (Phi) is 4.62. The number of ether oxygens (including phenoxy) is 1. The summed E-state index contributed by atoms with van der Waals surface area (Å²) in [7, 11) is 0. The van der Waals surface area contributed by atoms with Crippen LogP contribution in [0.25, 0.3) is 0 Å². The van der Waals surface area contributed by atoms with Gasteiger partial charge in [-0.15, -0.1) is 0 Å². The monoisotopic (exact) mass is 318 g/mol. The Balaban J connectivity index is 1.60. The van der Waals surface area contributed by atoms with Gasteiger partial charge >= 0.3 is 0 Å². The van der Waals surface area contributed by atoms with E-state index < -0.39 is 11.7 Å². The SMILES string of the molecule is Cc1ccc(C(=O)Nc2ccc(NC[C@H]3CCCO3)c(F)c2)o1. The van der Waals surface area contributed by atoms with Gasteiger partial charge in [-0.3, -0.25) is 4.79 Å². The number of hydrogen-bond donors (Lipinski definition) is 2. The quantitative estimate of drug-likeness (QED) is 0.884. The van der Waals surface area contributed by atoms with Crippen molar-refractivity contribution in [2.75, 3.05) is 23.8 Å². The van der Waals surface area contributed by atoms with Gasteiger partial charge in [0.25, 0.3) is 5.91 Å². The molecule has 5 nitrogen and oxygen atoms in total. The molecule has 1 saturated heterocycles. The highest BCUT2D eigenvalue weighted by Gasteiger charge is 2.16. The first kappa shape index (κ1) is 15.6. The maximum Gasteiger partial charge on any atom is 0.291 e. The topological polar surface area (TPSA) is 63.5 Å². The van der Waals surface area contributed by atoms with Crippen LogP contribution < -0.4 is 10.6 Å². The van der Waals surface area contributed by atoms with Crippen LogP contribution in [0.2, 0.25) is 0 Å². The largest absolute Gasteiger partial charge is 0.456 e. The van der Waals surface area contributed by atoms with Gasteiger partial charge in [-0.25, -0.2) is 4.39 Å². The molecule has 1 aromatic heterocycles. The number of furan rings is 1. The molecule has 0 aliphatic carbocycles. The van der Waals surface area contributed by atoms with Crippen molar-refractivity contribution in [2.45, 2.75) is 25.9 Å². The fraction of sp³-hybridized carbons (Fsp3) is 0.353. The first-order chi connectivity index (χ1) is 11.1. The minimum absolute atomic E-state index is 0.135. The smallest absolute Gasteiger partial charge is 0.291 e. The molecule has 0 saturated carbocycles. The Morgan fingerprint density at radius 1 is 1.35 bits per heavy atom. The standard InChI is InChI=1S/C17H19FN2O3/c1-11-4-7-16(23-11)17(21)20-12-5-6-15(14(18)9-12)19-10-13-3-2-8-22-13/h4-7,9,13,19H,2-3,8,10H2,1H3,(H,20,21)/t13-/m1/s1. The first-order valence-corrected chi connectivity index (χ1v) is 7.64. The zero-order valence-electron chi connectivity index (χ0n) is 12.9. The Hall–Kier alpha value is -2.34. The van der Waals surface area contributed by atoms with Crippen molar-refractivity contribution in [1.29, 1.82) is 0 Å². The van der Waals surface area contributed by atoms with Crippen LogP contribution in [0.1, 0.15) is 29.2 Å². The molecule has 1 amide bonds. The average Bonchev–Trinajstić information content (AvgIpc) is 3.18. The second kappa shape index (κ2) is 6.83. The van der Waals surface area contributed by atoms with Crippen molar-refractivity contribution in [3.63, 3.8) is 0 Å². The summed E-state index contributed by atoms with van der Waals surface area (Å²) >= 11 is 0. The van der Waals surface area contributed by atoms with Crippen molar-refractivity contribution in [1.82, 2.24) is 0 Å². The van der Waals surface area contributed by atoms with E-state index in [9.17, 15) is 9.18 Å². The molecule has 122 valence electrons. The van der Waals surface area contributed by atoms with Gasteiger partial charge in [-0.05, 0) is 50.1 Å². The summed E-state index contributed by atoms with van der Waals surface area (Å²) in [6.07, 6.45) is 2.17. The number of amides is 1. The summed E-state index contributed by atoms with van der Waals surface area (Å²) < 4.78 is 24.8. The second-order valence-electron chi connectivity index (χ2n) is 5.57. The van der Waals surface area contributed by atoms with E-state index in [0.717, 1.165) is 19.4 Å². The van der Waals surface area contributed by atoms with Crippen LogP contribution in [-0.2, 0) is 4.74 Å². The maximum absolute atomic E-state index is 14.1. The number of aryl methyl sites for hydroxylation is 1. The average molecular weight is 318 g/mol. The number of halogens is 1. The molecule has 2 aromatic rings. The number of hydrogen-bond acceptors (Lipinski definition) is 4. The van der Waals surface area contributed by atoms with Gasteiger partial charge in [-0.1, -0.05) is 0 Å². The lowest BCUT2D eigenvalue weighted by Gasteiger charge is -2.13. The molecule has 2 heterocycles. The lowest BCUT2D eigenvalue weighted by atomic mass is 10.2. The van der Waals surface area contributed by atoms with Gasteiger partial charge in [0, 0.05) is 18.8 Å². The summed E-state index contributed by atoms with van der Waals surface area (Å²) in [6, 6.07) is 7.82. The van der Waals surface area contributed by atoms with Crippen LogP contribution in [0.3, 0.4) is 0 Å². The van der Waals surface area contributed by atoms with E-state index in [0.29, 0.717) is 23.7 Å². The van der Waals surface area contributed by atoms with Gasteiger partial charge in [0.2, 0.25) is 0 Å². The molecule has 0 unspecified atom stereocenters. The minimum atomic E-state index is -0.420. The Morgan fingerprint density at radius 3 is 2.87 bits per heavy atom. The highest BCUT2D eigenvalue weighted by atomic mass is 19.1.